The summed E-state index contributed by atoms with van der Waals surface area (Å²) in [6.07, 6.45) is 5.33. The third kappa shape index (κ3) is 3.02. The SMILES string of the molecule is Oc1ccc(Br)c([C@@H](C2CCCC2)N2CCNCC2)c1. The minimum Gasteiger partial charge on any atom is -0.508 e. The summed E-state index contributed by atoms with van der Waals surface area (Å²) >= 11 is 3.69. The summed E-state index contributed by atoms with van der Waals surface area (Å²) in [6, 6.07) is 6.14. The average Bonchev–Trinajstić information content (AvgIpc) is 2.98. The van der Waals surface area contributed by atoms with Crippen molar-refractivity contribution in [3.05, 3.63) is 28.2 Å². The van der Waals surface area contributed by atoms with Crippen molar-refractivity contribution in [3.8, 4) is 5.75 Å². The summed E-state index contributed by atoms with van der Waals surface area (Å²) in [5.74, 6) is 1.10. The van der Waals surface area contributed by atoms with E-state index in [1.165, 1.54) is 31.2 Å². The van der Waals surface area contributed by atoms with Crippen LogP contribution >= 0.6 is 15.9 Å². The highest BCUT2D eigenvalue weighted by Gasteiger charge is 2.33. The molecule has 1 aromatic rings. The average molecular weight is 339 g/mol. The van der Waals surface area contributed by atoms with Gasteiger partial charge in [-0.25, -0.2) is 0 Å². The molecule has 110 valence electrons. The molecule has 2 fully saturated rings. The van der Waals surface area contributed by atoms with Gasteiger partial charge in [0.15, 0.2) is 0 Å². The predicted octanol–water partition coefficient (Wildman–Crippen LogP) is 3.29. The third-order valence-electron chi connectivity index (χ3n) is 4.69. The summed E-state index contributed by atoms with van der Waals surface area (Å²) in [7, 11) is 0. The molecular weight excluding hydrogens is 316 g/mol. The van der Waals surface area contributed by atoms with Gasteiger partial charge in [0, 0.05) is 36.7 Å². The van der Waals surface area contributed by atoms with Crippen LogP contribution in [0.25, 0.3) is 0 Å². The number of hydrogen-bond acceptors (Lipinski definition) is 3. The third-order valence-corrected chi connectivity index (χ3v) is 5.41. The summed E-state index contributed by atoms with van der Waals surface area (Å²) in [5.41, 5.74) is 1.26. The zero-order valence-electron chi connectivity index (χ0n) is 11.8. The second-order valence-electron chi connectivity index (χ2n) is 5.98. The summed E-state index contributed by atoms with van der Waals surface area (Å²) in [5, 5.41) is 13.3. The first kappa shape index (κ1) is 14.4. The molecule has 1 saturated carbocycles. The molecule has 1 aliphatic heterocycles. The van der Waals surface area contributed by atoms with E-state index in [9.17, 15) is 5.11 Å². The molecule has 2 N–H and O–H groups in total. The highest BCUT2D eigenvalue weighted by Crippen LogP contribution is 2.42. The molecule has 1 heterocycles. The standard InChI is InChI=1S/C16H23BrN2O/c17-15-6-5-13(20)11-14(15)16(12-3-1-2-4-12)19-9-7-18-8-10-19/h5-6,11-12,16,18,20H,1-4,7-10H2/t16-/m1/s1. The number of hydrogen-bond donors (Lipinski definition) is 2. The van der Waals surface area contributed by atoms with Crippen molar-refractivity contribution in [2.45, 2.75) is 31.7 Å². The van der Waals surface area contributed by atoms with Gasteiger partial charge >= 0.3 is 0 Å². The van der Waals surface area contributed by atoms with Crippen LogP contribution in [0, 0.1) is 5.92 Å². The lowest BCUT2D eigenvalue weighted by Gasteiger charge is -2.39. The highest BCUT2D eigenvalue weighted by atomic mass is 79.9. The Morgan fingerprint density at radius 2 is 1.90 bits per heavy atom. The summed E-state index contributed by atoms with van der Waals surface area (Å²) in [4.78, 5) is 2.60. The zero-order chi connectivity index (χ0) is 13.9. The van der Waals surface area contributed by atoms with E-state index in [0.29, 0.717) is 11.8 Å². The molecule has 0 aromatic heterocycles. The molecule has 1 aliphatic carbocycles. The van der Waals surface area contributed by atoms with E-state index in [-0.39, 0.29) is 0 Å². The van der Waals surface area contributed by atoms with Crippen LogP contribution in [0.1, 0.15) is 37.3 Å². The predicted molar refractivity (Wildman–Crippen MR) is 84.9 cm³/mol. The van der Waals surface area contributed by atoms with E-state index in [2.05, 4.69) is 26.1 Å². The molecule has 20 heavy (non-hydrogen) atoms. The number of benzene rings is 1. The van der Waals surface area contributed by atoms with E-state index in [4.69, 9.17) is 0 Å². The quantitative estimate of drug-likeness (QED) is 0.887. The lowest BCUT2D eigenvalue weighted by molar-refractivity contribution is 0.125. The molecule has 1 saturated heterocycles. The topological polar surface area (TPSA) is 35.5 Å². The maximum Gasteiger partial charge on any atom is 0.115 e. The normalized spacial score (nSPS) is 23.1. The van der Waals surface area contributed by atoms with E-state index >= 15 is 0 Å². The van der Waals surface area contributed by atoms with Crippen LogP contribution in [0.15, 0.2) is 22.7 Å². The monoisotopic (exact) mass is 338 g/mol. The van der Waals surface area contributed by atoms with Gasteiger partial charge in [-0.1, -0.05) is 28.8 Å². The first-order valence-electron chi connectivity index (χ1n) is 7.69. The van der Waals surface area contributed by atoms with Crippen molar-refractivity contribution in [2.75, 3.05) is 26.2 Å². The molecule has 4 heteroatoms. The Balaban J connectivity index is 1.92. The molecule has 1 atom stereocenters. The first-order chi connectivity index (χ1) is 9.75. The van der Waals surface area contributed by atoms with Gasteiger partial charge in [-0.3, -0.25) is 4.90 Å². The van der Waals surface area contributed by atoms with E-state index < -0.39 is 0 Å². The number of phenolic OH excluding ortho intramolecular Hbond substituents is 1. The second kappa shape index (κ2) is 6.46. The van der Waals surface area contributed by atoms with Crippen LogP contribution in [0.5, 0.6) is 5.75 Å². The Kier molecular flexibility index (Phi) is 4.64. The van der Waals surface area contributed by atoms with Crippen molar-refractivity contribution in [1.29, 1.82) is 0 Å². The van der Waals surface area contributed by atoms with Crippen LogP contribution in [0.3, 0.4) is 0 Å². The Morgan fingerprint density at radius 3 is 2.60 bits per heavy atom. The van der Waals surface area contributed by atoms with Crippen molar-refractivity contribution >= 4 is 15.9 Å². The Hall–Kier alpha value is -0.580. The number of piperazine rings is 1. The minimum atomic E-state index is 0.376. The molecule has 1 aromatic carbocycles. The van der Waals surface area contributed by atoms with Gasteiger partial charge in [-0.05, 0) is 42.5 Å². The Morgan fingerprint density at radius 1 is 1.20 bits per heavy atom. The van der Waals surface area contributed by atoms with E-state index in [1.807, 2.05) is 12.1 Å². The lowest BCUT2D eigenvalue weighted by atomic mass is 9.89. The maximum atomic E-state index is 9.88. The number of rotatable bonds is 3. The van der Waals surface area contributed by atoms with Crippen molar-refractivity contribution in [1.82, 2.24) is 10.2 Å². The Labute approximate surface area is 129 Å². The van der Waals surface area contributed by atoms with Crippen molar-refractivity contribution < 1.29 is 5.11 Å². The lowest BCUT2D eigenvalue weighted by Crippen LogP contribution is -2.46. The molecule has 3 nitrogen and oxygen atoms in total. The van der Waals surface area contributed by atoms with Gasteiger partial charge < -0.3 is 10.4 Å². The van der Waals surface area contributed by atoms with Gasteiger partial charge in [0.2, 0.25) is 0 Å². The molecule has 0 bridgehead atoms. The molecule has 3 rings (SSSR count). The van der Waals surface area contributed by atoms with E-state index in [1.54, 1.807) is 6.07 Å². The molecular formula is C16H23BrN2O. The number of nitrogens with one attached hydrogen (secondary N) is 1. The largest absolute Gasteiger partial charge is 0.508 e. The Bertz CT molecular complexity index is 454. The van der Waals surface area contributed by atoms with Gasteiger partial charge in [0.25, 0.3) is 0 Å². The summed E-state index contributed by atoms with van der Waals surface area (Å²) < 4.78 is 1.13. The fraction of sp³-hybridized carbons (Fsp3) is 0.625. The molecule has 0 radical (unpaired) electrons. The smallest absolute Gasteiger partial charge is 0.115 e. The van der Waals surface area contributed by atoms with Gasteiger partial charge in [-0.15, -0.1) is 0 Å². The van der Waals surface area contributed by atoms with Crippen LogP contribution in [0.2, 0.25) is 0 Å². The number of nitrogens with zero attached hydrogens (tertiary/aromatic N) is 1. The van der Waals surface area contributed by atoms with Gasteiger partial charge in [-0.2, -0.15) is 0 Å². The fourth-order valence-electron chi connectivity index (χ4n) is 3.74. The zero-order valence-corrected chi connectivity index (χ0v) is 13.4. The molecule has 0 unspecified atom stereocenters. The first-order valence-corrected chi connectivity index (χ1v) is 8.48. The van der Waals surface area contributed by atoms with Crippen LogP contribution in [0.4, 0.5) is 0 Å². The molecule has 0 spiro atoms. The van der Waals surface area contributed by atoms with Crippen LogP contribution < -0.4 is 5.32 Å². The molecule has 2 aliphatic rings. The number of aromatic hydroxyl groups is 1. The minimum absolute atomic E-state index is 0.376. The van der Waals surface area contributed by atoms with Gasteiger partial charge in [0.05, 0.1) is 0 Å². The fourth-order valence-corrected chi connectivity index (χ4v) is 4.22. The van der Waals surface area contributed by atoms with Crippen molar-refractivity contribution in [2.24, 2.45) is 5.92 Å². The number of phenols is 1. The van der Waals surface area contributed by atoms with E-state index in [0.717, 1.165) is 36.6 Å². The summed E-state index contributed by atoms with van der Waals surface area (Å²) in [6.45, 7) is 4.34. The number of halogens is 1. The van der Waals surface area contributed by atoms with Gasteiger partial charge in [0.1, 0.15) is 5.75 Å². The van der Waals surface area contributed by atoms with Crippen LogP contribution in [-0.4, -0.2) is 36.2 Å². The molecule has 0 amide bonds. The maximum absolute atomic E-state index is 9.88. The second-order valence-corrected chi connectivity index (χ2v) is 6.84. The highest BCUT2D eigenvalue weighted by molar-refractivity contribution is 9.10. The van der Waals surface area contributed by atoms with Crippen LogP contribution in [-0.2, 0) is 0 Å². The van der Waals surface area contributed by atoms with Crippen molar-refractivity contribution in [3.63, 3.8) is 0 Å².